The van der Waals surface area contributed by atoms with E-state index in [2.05, 4.69) is 32.8 Å². The molecule has 3 rings (SSSR count). The molecule has 2 aromatic rings. The van der Waals surface area contributed by atoms with Gasteiger partial charge in [0, 0.05) is 0 Å². The van der Waals surface area contributed by atoms with Crippen LogP contribution in [0, 0.1) is 0 Å². The van der Waals surface area contributed by atoms with E-state index in [0.29, 0.717) is 6.04 Å². The first-order chi connectivity index (χ1) is 7.93. The van der Waals surface area contributed by atoms with E-state index in [1.165, 1.54) is 24.1 Å². The summed E-state index contributed by atoms with van der Waals surface area (Å²) in [4.78, 5) is 9.17. The number of H-pyrrole nitrogens is 1. The van der Waals surface area contributed by atoms with Crippen LogP contribution in [0.3, 0.4) is 0 Å². The van der Waals surface area contributed by atoms with Crippen molar-refractivity contribution in [2.24, 2.45) is 0 Å². The Morgan fingerprint density at radius 1 is 1.38 bits per heavy atom. The van der Waals surface area contributed by atoms with Crippen molar-refractivity contribution in [3.05, 3.63) is 29.5 Å². The van der Waals surface area contributed by atoms with E-state index in [9.17, 15) is 0 Å². The number of thiophene rings is 1. The van der Waals surface area contributed by atoms with Gasteiger partial charge in [-0.3, -0.25) is 0 Å². The molecule has 0 spiro atoms. The van der Waals surface area contributed by atoms with E-state index in [4.69, 9.17) is 0 Å². The Labute approximate surface area is 98.9 Å². The Kier molecular flexibility index (Phi) is 2.76. The predicted molar refractivity (Wildman–Crippen MR) is 66.5 cm³/mol. The van der Waals surface area contributed by atoms with Crippen LogP contribution < -0.4 is 5.32 Å². The highest BCUT2D eigenvalue weighted by Gasteiger charge is 2.17. The van der Waals surface area contributed by atoms with Crippen molar-refractivity contribution in [1.82, 2.24) is 15.3 Å². The van der Waals surface area contributed by atoms with Crippen LogP contribution in [-0.4, -0.2) is 16.5 Å². The molecule has 1 fully saturated rings. The van der Waals surface area contributed by atoms with Crippen LogP contribution in [0.4, 0.5) is 0 Å². The quantitative estimate of drug-likeness (QED) is 0.837. The summed E-state index contributed by atoms with van der Waals surface area (Å²) < 4.78 is 0. The van der Waals surface area contributed by atoms with E-state index in [1.54, 1.807) is 11.3 Å². The van der Waals surface area contributed by atoms with Gasteiger partial charge < -0.3 is 10.3 Å². The maximum atomic E-state index is 4.48. The maximum absolute atomic E-state index is 4.48. The molecule has 2 aromatic heterocycles. The van der Waals surface area contributed by atoms with Gasteiger partial charge in [0.05, 0.1) is 22.8 Å². The summed E-state index contributed by atoms with van der Waals surface area (Å²) in [5.74, 6) is 1.09. The zero-order valence-electron chi connectivity index (χ0n) is 9.07. The van der Waals surface area contributed by atoms with Gasteiger partial charge in [0.25, 0.3) is 0 Å². The molecule has 16 heavy (non-hydrogen) atoms. The van der Waals surface area contributed by atoms with Crippen LogP contribution in [0.5, 0.6) is 0 Å². The minimum absolute atomic E-state index is 0.419. The molecule has 0 bridgehead atoms. The number of aromatic nitrogens is 2. The summed E-state index contributed by atoms with van der Waals surface area (Å²) in [6.07, 6.45) is 5.72. The molecule has 1 atom stereocenters. The molecule has 3 nitrogen and oxygen atoms in total. The van der Waals surface area contributed by atoms with Gasteiger partial charge >= 0.3 is 0 Å². The van der Waals surface area contributed by atoms with Crippen LogP contribution in [0.2, 0.25) is 0 Å². The lowest BCUT2D eigenvalue weighted by molar-refractivity contribution is 0.399. The second-order valence-electron chi connectivity index (χ2n) is 4.16. The average Bonchev–Trinajstić information content (AvgIpc) is 3.01. The summed E-state index contributed by atoms with van der Waals surface area (Å²) in [7, 11) is 0. The molecule has 0 saturated carbocycles. The first-order valence-electron chi connectivity index (χ1n) is 5.75. The Balaban J connectivity index is 1.82. The van der Waals surface area contributed by atoms with E-state index in [-0.39, 0.29) is 0 Å². The second kappa shape index (κ2) is 4.39. The lowest BCUT2D eigenvalue weighted by Crippen LogP contribution is -2.27. The summed E-state index contributed by atoms with van der Waals surface area (Å²) >= 11 is 1.74. The van der Waals surface area contributed by atoms with E-state index >= 15 is 0 Å². The molecule has 4 heteroatoms. The number of aromatic amines is 1. The number of nitrogens with one attached hydrogen (secondary N) is 2. The zero-order chi connectivity index (χ0) is 10.8. The minimum Gasteiger partial charge on any atom is -0.340 e. The van der Waals surface area contributed by atoms with Crippen molar-refractivity contribution >= 4 is 11.3 Å². The van der Waals surface area contributed by atoms with Gasteiger partial charge in [-0.2, -0.15) is 0 Å². The molecule has 0 aliphatic carbocycles. The van der Waals surface area contributed by atoms with Gasteiger partial charge in [-0.25, -0.2) is 4.98 Å². The standard InChI is InChI=1S/C12H15N3S/c1-2-6-13-9(4-1)12-14-8-10(15-12)11-5-3-7-16-11/h3,5,7-9,13H,1-2,4,6H2,(H,14,15). The fourth-order valence-electron chi connectivity index (χ4n) is 2.16. The fraction of sp³-hybridized carbons (Fsp3) is 0.417. The molecule has 0 amide bonds. The summed E-state index contributed by atoms with van der Waals surface area (Å²) in [6.45, 7) is 1.11. The number of nitrogens with zero attached hydrogens (tertiary/aromatic N) is 1. The van der Waals surface area contributed by atoms with Crippen LogP contribution in [0.25, 0.3) is 10.6 Å². The zero-order valence-corrected chi connectivity index (χ0v) is 9.89. The van der Waals surface area contributed by atoms with E-state index < -0.39 is 0 Å². The predicted octanol–water partition coefficient (Wildman–Crippen LogP) is 2.95. The van der Waals surface area contributed by atoms with E-state index in [0.717, 1.165) is 18.1 Å². The third kappa shape index (κ3) is 1.90. The lowest BCUT2D eigenvalue weighted by Gasteiger charge is -2.21. The van der Waals surface area contributed by atoms with E-state index in [1.807, 2.05) is 6.20 Å². The van der Waals surface area contributed by atoms with Crippen molar-refractivity contribution in [2.45, 2.75) is 25.3 Å². The monoisotopic (exact) mass is 233 g/mol. The first-order valence-corrected chi connectivity index (χ1v) is 6.63. The topological polar surface area (TPSA) is 40.7 Å². The fourth-order valence-corrected chi connectivity index (χ4v) is 2.85. The molecule has 84 valence electrons. The Morgan fingerprint density at radius 2 is 2.38 bits per heavy atom. The maximum Gasteiger partial charge on any atom is 0.123 e. The van der Waals surface area contributed by atoms with Crippen molar-refractivity contribution in [2.75, 3.05) is 6.54 Å². The highest BCUT2D eigenvalue weighted by atomic mass is 32.1. The van der Waals surface area contributed by atoms with Gasteiger partial charge in [0.2, 0.25) is 0 Å². The number of hydrogen-bond donors (Lipinski definition) is 2. The third-order valence-corrected chi connectivity index (χ3v) is 3.93. The molecule has 1 saturated heterocycles. The van der Waals surface area contributed by atoms with Crippen molar-refractivity contribution in [3.63, 3.8) is 0 Å². The lowest BCUT2D eigenvalue weighted by atomic mass is 10.0. The minimum atomic E-state index is 0.419. The number of piperidine rings is 1. The largest absolute Gasteiger partial charge is 0.340 e. The smallest absolute Gasteiger partial charge is 0.123 e. The SMILES string of the molecule is c1csc(-c2cnc(C3CCCCN3)[nH]2)c1. The van der Waals surface area contributed by atoms with Crippen molar-refractivity contribution in [1.29, 1.82) is 0 Å². The summed E-state index contributed by atoms with van der Waals surface area (Å²) in [6, 6.07) is 4.61. The van der Waals surface area contributed by atoms with Gasteiger partial charge in [-0.15, -0.1) is 11.3 Å². The molecular weight excluding hydrogens is 218 g/mol. The van der Waals surface area contributed by atoms with Gasteiger partial charge in [-0.1, -0.05) is 12.5 Å². The Bertz CT molecular complexity index is 441. The molecule has 1 aliphatic heterocycles. The van der Waals surface area contributed by atoms with Crippen LogP contribution in [0.15, 0.2) is 23.7 Å². The van der Waals surface area contributed by atoms with Gasteiger partial charge in [0.15, 0.2) is 0 Å². The third-order valence-electron chi connectivity index (χ3n) is 3.02. The molecule has 0 radical (unpaired) electrons. The van der Waals surface area contributed by atoms with Crippen molar-refractivity contribution in [3.8, 4) is 10.6 Å². The average molecular weight is 233 g/mol. The number of rotatable bonds is 2. The summed E-state index contributed by atoms with van der Waals surface area (Å²) in [5, 5.41) is 5.60. The second-order valence-corrected chi connectivity index (χ2v) is 5.11. The Hall–Kier alpha value is -1.13. The molecule has 0 aromatic carbocycles. The highest BCUT2D eigenvalue weighted by Crippen LogP contribution is 2.26. The number of imidazole rings is 1. The van der Waals surface area contributed by atoms with Crippen LogP contribution in [-0.2, 0) is 0 Å². The Morgan fingerprint density at radius 3 is 3.12 bits per heavy atom. The van der Waals surface area contributed by atoms with Crippen LogP contribution in [0.1, 0.15) is 31.1 Å². The molecule has 2 N–H and O–H groups in total. The highest BCUT2D eigenvalue weighted by molar-refractivity contribution is 7.13. The van der Waals surface area contributed by atoms with Crippen molar-refractivity contribution < 1.29 is 0 Å². The molecule has 1 unspecified atom stereocenters. The van der Waals surface area contributed by atoms with Gasteiger partial charge in [0.1, 0.15) is 5.82 Å². The van der Waals surface area contributed by atoms with Crippen LogP contribution >= 0.6 is 11.3 Å². The first kappa shape index (κ1) is 10.1. The summed E-state index contributed by atoms with van der Waals surface area (Å²) in [5.41, 5.74) is 1.14. The molecule has 1 aliphatic rings. The number of hydrogen-bond acceptors (Lipinski definition) is 3. The molecular formula is C12H15N3S. The molecule has 3 heterocycles. The normalized spacial score (nSPS) is 21.1. The van der Waals surface area contributed by atoms with Gasteiger partial charge in [-0.05, 0) is 30.8 Å².